The Bertz CT molecular complexity index is 682. The van der Waals surface area contributed by atoms with Gasteiger partial charge in [0.25, 0.3) is 0 Å². The van der Waals surface area contributed by atoms with Gasteiger partial charge < -0.3 is 19.3 Å². The van der Waals surface area contributed by atoms with Gasteiger partial charge in [-0.3, -0.25) is 9.46 Å². The molecule has 1 fully saturated rings. The smallest absolute Gasteiger partial charge is 0.340 e. The van der Waals surface area contributed by atoms with Crippen LogP contribution in [0, 0.1) is 0 Å². The largest absolute Gasteiger partial charge is 0.492 e. The van der Waals surface area contributed by atoms with Crippen LogP contribution < -0.4 is 4.74 Å². The average molecular weight is 379 g/mol. The van der Waals surface area contributed by atoms with Gasteiger partial charge in [-0.2, -0.15) is 0 Å². The van der Waals surface area contributed by atoms with Gasteiger partial charge in [0.1, 0.15) is 10.6 Å². The van der Waals surface area contributed by atoms with Crippen molar-refractivity contribution in [1.82, 2.24) is 4.90 Å². The molecule has 0 unspecified atom stereocenters. The van der Waals surface area contributed by atoms with E-state index >= 15 is 0 Å². The van der Waals surface area contributed by atoms with Crippen molar-refractivity contribution in [3.8, 4) is 5.75 Å². The second-order valence-electron chi connectivity index (χ2n) is 5.51. The summed E-state index contributed by atoms with van der Waals surface area (Å²) in [6, 6.07) is 5.89. The summed E-state index contributed by atoms with van der Waals surface area (Å²) in [6.45, 7) is 4.30. The van der Waals surface area contributed by atoms with Gasteiger partial charge in [0.2, 0.25) is 0 Å². The standard InChI is InChI=1S/C14H22NO7PS/c16-23(17,18)12-24(19,20)14-5-2-1-4-13(14)22-9-3-6-15-7-10-21-11-8-15/h1-2,4-5H,3,6-12H2,(H2,16,17,18). The van der Waals surface area contributed by atoms with Gasteiger partial charge in [0.15, 0.2) is 15.3 Å². The fourth-order valence-electron chi connectivity index (χ4n) is 2.41. The molecule has 0 saturated carbocycles. The van der Waals surface area contributed by atoms with Crippen LogP contribution in [0.4, 0.5) is 0 Å². The quantitative estimate of drug-likeness (QED) is 0.501. The molecular weight excluding hydrogens is 357 g/mol. The molecule has 1 saturated heterocycles. The summed E-state index contributed by atoms with van der Waals surface area (Å²) in [6.07, 6.45) is 0.715. The van der Waals surface area contributed by atoms with E-state index in [0.29, 0.717) is 26.2 Å². The first-order valence-corrected chi connectivity index (χ1v) is 11.0. The molecule has 1 aromatic carbocycles. The Kier molecular flexibility index (Phi) is 6.79. The minimum atomic E-state index is -4.68. The molecule has 1 aliphatic rings. The third kappa shape index (κ3) is 6.16. The highest BCUT2D eigenvalue weighted by molar-refractivity contribution is 7.97. The molecule has 0 spiro atoms. The molecule has 0 radical (unpaired) electrons. The van der Waals surface area contributed by atoms with Crippen LogP contribution in [-0.2, 0) is 19.1 Å². The van der Waals surface area contributed by atoms with E-state index in [0.717, 1.165) is 19.6 Å². The highest BCUT2D eigenvalue weighted by atomic mass is 32.2. The van der Waals surface area contributed by atoms with Crippen LogP contribution in [-0.4, -0.2) is 68.1 Å². The second kappa shape index (κ2) is 8.42. The van der Waals surface area contributed by atoms with Gasteiger partial charge in [-0.1, -0.05) is 12.1 Å². The van der Waals surface area contributed by atoms with Crippen LogP contribution in [0.25, 0.3) is 0 Å². The summed E-state index contributed by atoms with van der Waals surface area (Å²) < 4.78 is 46.1. The number of rotatable bonds is 8. The van der Waals surface area contributed by atoms with E-state index in [-0.39, 0.29) is 10.6 Å². The molecule has 0 atom stereocenters. The van der Waals surface area contributed by atoms with Crippen LogP contribution in [0.3, 0.4) is 0 Å². The molecule has 8 nitrogen and oxygen atoms in total. The lowest BCUT2D eigenvalue weighted by Crippen LogP contribution is -2.37. The average Bonchev–Trinajstić information content (AvgIpc) is 2.51. The molecule has 24 heavy (non-hydrogen) atoms. The molecule has 2 rings (SSSR count). The Hall–Kier alpha value is -0.960. The number of para-hydroxylation sites is 1. The highest BCUT2D eigenvalue weighted by Crippen LogP contribution is 2.39. The molecule has 0 aromatic heterocycles. The van der Waals surface area contributed by atoms with E-state index in [1.165, 1.54) is 18.2 Å². The zero-order valence-corrected chi connectivity index (χ0v) is 14.9. The Morgan fingerprint density at radius 2 is 1.88 bits per heavy atom. The summed E-state index contributed by atoms with van der Waals surface area (Å²) in [5, 5.41) is 0. The van der Waals surface area contributed by atoms with E-state index in [4.69, 9.17) is 19.3 Å². The summed E-state index contributed by atoms with van der Waals surface area (Å²) in [4.78, 5) is 19.9. The number of hydrogen-bond donors (Lipinski definition) is 2. The topological polar surface area (TPSA) is 113 Å². The fourth-order valence-corrected chi connectivity index (χ4v) is 5.46. The van der Waals surface area contributed by atoms with Crippen LogP contribution in [0.1, 0.15) is 6.42 Å². The van der Waals surface area contributed by atoms with Crippen molar-refractivity contribution >= 4 is 17.4 Å². The molecule has 1 aromatic rings. The number of nitrogens with zero attached hydrogens (tertiary/aromatic N) is 1. The van der Waals surface area contributed by atoms with E-state index in [9.17, 15) is 13.0 Å². The predicted molar refractivity (Wildman–Crippen MR) is 87.9 cm³/mol. The lowest BCUT2D eigenvalue weighted by Gasteiger charge is -2.26. The highest BCUT2D eigenvalue weighted by Gasteiger charge is 2.29. The van der Waals surface area contributed by atoms with E-state index < -0.39 is 22.9 Å². The lowest BCUT2D eigenvalue weighted by atomic mass is 10.3. The van der Waals surface area contributed by atoms with Crippen LogP contribution in [0.2, 0.25) is 0 Å². The van der Waals surface area contributed by atoms with Gasteiger partial charge >= 0.3 is 7.60 Å². The summed E-state index contributed by atoms with van der Waals surface area (Å²) >= 11 is 0. The third-order valence-corrected chi connectivity index (χ3v) is 7.21. The zero-order chi connectivity index (χ0) is 17.6. The van der Waals surface area contributed by atoms with E-state index in [2.05, 4.69) is 4.90 Å². The van der Waals surface area contributed by atoms with Crippen LogP contribution in [0.15, 0.2) is 29.2 Å². The van der Waals surface area contributed by atoms with Gasteiger partial charge in [-0.15, -0.1) is 0 Å². The summed E-state index contributed by atoms with van der Waals surface area (Å²) in [5.74, 6) is 0.118. The Morgan fingerprint density at radius 3 is 2.54 bits per heavy atom. The van der Waals surface area contributed by atoms with Crippen molar-refractivity contribution in [2.45, 2.75) is 11.3 Å². The van der Waals surface area contributed by atoms with Crippen molar-refractivity contribution in [1.29, 1.82) is 0 Å². The first-order chi connectivity index (χ1) is 11.3. The third-order valence-electron chi connectivity index (χ3n) is 3.50. The first-order valence-electron chi connectivity index (χ1n) is 7.57. The molecule has 0 bridgehead atoms. The molecule has 1 heterocycles. The maximum Gasteiger partial charge on any atom is 0.340 e. The van der Waals surface area contributed by atoms with Gasteiger partial charge in [0.05, 0.1) is 19.8 Å². The number of benzene rings is 1. The number of sulfone groups is 1. The molecule has 10 heteroatoms. The maximum atomic E-state index is 12.2. The molecule has 0 aliphatic carbocycles. The molecular formula is C14H22NO7PS. The first kappa shape index (κ1) is 19.4. The zero-order valence-electron chi connectivity index (χ0n) is 13.2. The molecule has 0 amide bonds. The SMILES string of the molecule is O=P(O)(O)CS(=O)(=O)c1ccccc1OCCCN1CCOCC1. The minimum Gasteiger partial charge on any atom is -0.492 e. The van der Waals surface area contributed by atoms with Crippen molar-refractivity contribution in [3.05, 3.63) is 24.3 Å². The van der Waals surface area contributed by atoms with Crippen LogP contribution >= 0.6 is 7.60 Å². The van der Waals surface area contributed by atoms with Crippen molar-refractivity contribution in [2.24, 2.45) is 0 Å². The second-order valence-corrected chi connectivity index (χ2v) is 9.54. The molecule has 136 valence electrons. The van der Waals surface area contributed by atoms with E-state index in [1.807, 2.05) is 0 Å². The van der Waals surface area contributed by atoms with Gasteiger partial charge in [-0.05, 0) is 18.6 Å². The van der Waals surface area contributed by atoms with Gasteiger partial charge in [0, 0.05) is 19.6 Å². The number of morpholine rings is 1. The number of hydrogen-bond acceptors (Lipinski definition) is 6. The Labute approximate surface area is 141 Å². The fraction of sp³-hybridized carbons (Fsp3) is 0.571. The monoisotopic (exact) mass is 379 g/mol. The summed E-state index contributed by atoms with van der Waals surface area (Å²) in [7, 11) is -8.81. The summed E-state index contributed by atoms with van der Waals surface area (Å²) in [5.41, 5.74) is -1.23. The van der Waals surface area contributed by atoms with Crippen molar-refractivity contribution in [2.75, 3.05) is 44.9 Å². The van der Waals surface area contributed by atoms with Crippen LogP contribution in [0.5, 0.6) is 5.75 Å². The minimum absolute atomic E-state index is 0.118. The van der Waals surface area contributed by atoms with Gasteiger partial charge in [-0.25, -0.2) is 8.42 Å². The molecule has 2 N–H and O–H groups in total. The Balaban J connectivity index is 1.94. The normalized spacial score (nSPS) is 16.9. The number of ether oxygens (including phenoxy) is 2. The molecule has 1 aliphatic heterocycles. The lowest BCUT2D eigenvalue weighted by molar-refractivity contribution is 0.0357. The maximum absolute atomic E-state index is 12.2. The van der Waals surface area contributed by atoms with Crippen molar-refractivity contribution in [3.63, 3.8) is 0 Å². The Morgan fingerprint density at radius 1 is 1.21 bits per heavy atom. The predicted octanol–water partition coefficient (Wildman–Crippen LogP) is 0.697. The van der Waals surface area contributed by atoms with Crippen molar-refractivity contribution < 1.29 is 32.2 Å². The van der Waals surface area contributed by atoms with E-state index in [1.54, 1.807) is 6.07 Å².